The van der Waals surface area contributed by atoms with Crippen LogP contribution in [0, 0.1) is 0 Å². The van der Waals surface area contributed by atoms with Gasteiger partial charge in [-0.15, -0.1) is 0 Å². The summed E-state index contributed by atoms with van der Waals surface area (Å²) in [5.74, 6) is -8.74. The maximum absolute atomic E-state index is 8.93. The van der Waals surface area contributed by atoms with Crippen LogP contribution in [-0.2, 0) is 58.0 Å². The number of quaternary nitrogens is 1. The van der Waals surface area contributed by atoms with Gasteiger partial charge in [0.25, 0.3) is 0 Å². The van der Waals surface area contributed by atoms with E-state index < -0.39 is 23.9 Å². The van der Waals surface area contributed by atoms with Gasteiger partial charge < -0.3 is 73.1 Å². The predicted molar refractivity (Wildman–Crippen MR) is 43.7 cm³/mol. The number of hydrogen-bond acceptors (Lipinski definition) is 8. The Kier molecular flexibility index (Phi) is 126. The number of rotatable bonds is 0. The molecule has 0 aromatic carbocycles. The molecule has 0 saturated heterocycles. The fraction of sp³-hybridized carbons (Fsp3) is 0. The van der Waals surface area contributed by atoms with Gasteiger partial charge in [0.05, 0.1) is 23.9 Å². The van der Waals surface area contributed by atoms with Gasteiger partial charge in [-0.2, -0.15) is 0 Å². The summed E-state index contributed by atoms with van der Waals surface area (Å²) in [6.45, 7) is 0. The molecular formula is C4H14NNbO13+2. The summed E-state index contributed by atoms with van der Waals surface area (Å²) >= 11 is 0. The molecule has 14 nitrogen and oxygen atoms in total. The van der Waals surface area contributed by atoms with Crippen LogP contribution in [0.2, 0.25) is 0 Å². The van der Waals surface area contributed by atoms with Crippen molar-refractivity contribution in [3.63, 3.8) is 0 Å². The van der Waals surface area contributed by atoms with Crippen LogP contribution >= 0.6 is 0 Å². The molecule has 0 amide bonds. The molecule has 0 aliphatic carbocycles. The Balaban J connectivity index is -0.0000000110. The Labute approximate surface area is 120 Å². The minimum absolute atomic E-state index is 0. The molecule has 0 rings (SSSR count). The molecular weight excluding hydrogens is 363 g/mol. The van der Waals surface area contributed by atoms with E-state index in [9.17, 15) is 0 Å². The Hall–Kier alpha value is -1.62. The largest absolute Gasteiger partial charge is 5.00 e. The monoisotopic (exact) mass is 377 g/mol. The van der Waals surface area contributed by atoms with E-state index in [0.717, 1.165) is 0 Å². The average molecular weight is 377 g/mol. The van der Waals surface area contributed by atoms with Gasteiger partial charge in [0.1, 0.15) is 0 Å². The van der Waals surface area contributed by atoms with Gasteiger partial charge in [0.15, 0.2) is 0 Å². The van der Waals surface area contributed by atoms with Gasteiger partial charge in [0.2, 0.25) is 0 Å². The topological polar surface area (TPSA) is 355 Å². The number of carbonyl (C=O) groups is 4. The Morgan fingerprint density at radius 3 is 0.632 bits per heavy atom. The molecule has 14 N–H and O–H groups in total. The minimum atomic E-state index is -2.19. The van der Waals surface area contributed by atoms with Crippen molar-refractivity contribution < 1.29 is 89.4 Å². The van der Waals surface area contributed by atoms with Crippen LogP contribution < -0.4 is 26.6 Å². The molecule has 0 atom stereocenters. The maximum atomic E-state index is 8.93. The third-order valence-corrected chi connectivity index (χ3v) is 0.333. The zero-order chi connectivity index (χ0) is 10.3. The Morgan fingerprint density at radius 2 is 0.632 bits per heavy atom. The van der Waals surface area contributed by atoms with E-state index in [-0.39, 0.29) is 55.9 Å². The second-order valence-corrected chi connectivity index (χ2v) is 1.15. The van der Waals surface area contributed by atoms with Gasteiger partial charge >= 0.3 is 22.4 Å². The third-order valence-electron chi connectivity index (χ3n) is 0.333. The zero-order valence-corrected chi connectivity index (χ0v) is 11.5. The summed E-state index contributed by atoms with van der Waals surface area (Å²) in [5.41, 5.74) is 0. The van der Waals surface area contributed by atoms with Crippen LogP contribution in [0.3, 0.4) is 0 Å². The third kappa shape index (κ3) is 83.2. The van der Waals surface area contributed by atoms with E-state index in [1.807, 2.05) is 0 Å². The standard InChI is InChI=1S/2C2H2O4.H3N.Nb.4H2O.O/c2*3-1(4)2(5)6;;;;;;;/h2*(H,3,4)(H,5,6);1H3;;4*1H2;/q;;;+5;;;;;-2/p-1. The number of carbonyl (C=O) groups excluding carboxylic acids is 4. The Morgan fingerprint density at radius 1 is 0.579 bits per heavy atom. The van der Waals surface area contributed by atoms with Crippen LogP contribution in [0.5, 0.6) is 0 Å². The number of carboxylic acid groups (broad SMARTS) is 4. The van der Waals surface area contributed by atoms with Crippen LogP contribution in [-0.4, -0.2) is 34.8 Å². The van der Waals surface area contributed by atoms with Crippen molar-refractivity contribution in [2.45, 2.75) is 0 Å². The molecule has 0 radical (unpaired) electrons. The first-order valence-corrected chi connectivity index (χ1v) is 2.13. The summed E-state index contributed by atoms with van der Waals surface area (Å²) in [6.07, 6.45) is 0. The van der Waals surface area contributed by atoms with Crippen LogP contribution in [0.1, 0.15) is 0 Å². The first-order valence-electron chi connectivity index (χ1n) is 2.13. The van der Waals surface area contributed by atoms with Crippen molar-refractivity contribution in [3.8, 4) is 0 Å². The van der Waals surface area contributed by atoms with Gasteiger partial charge in [-0.1, -0.05) is 0 Å². The summed E-state index contributed by atoms with van der Waals surface area (Å²) in [6, 6.07) is 0. The average Bonchev–Trinajstić information content (AvgIpc) is 1.88. The van der Waals surface area contributed by atoms with Crippen molar-refractivity contribution in [1.29, 1.82) is 0 Å². The SMILES string of the molecule is O.O.O=C([O-])C(=O)[O-].O=C([O-])C(=O)[O-].[NH4+].[Nb+5].[O-2].[OH3+].[OH3+]. The van der Waals surface area contributed by atoms with Crippen molar-refractivity contribution >= 4 is 23.9 Å². The molecule has 0 aliphatic heterocycles. The number of aliphatic carboxylic acids is 4. The molecule has 19 heavy (non-hydrogen) atoms. The van der Waals surface area contributed by atoms with E-state index in [4.69, 9.17) is 39.6 Å². The predicted octanol–water partition coefficient (Wildman–Crippen LogP) is -10.3. The molecule has 0 aromatic heterocycles. The van der Waals surface area contributed by atoms with Crippen molar-refractivity contribution in [3.05, 3.63) is 0 Å². The van der Waals surface area contributed by atoms with E-state index in [0.29, 0.717) is 0 Å². The van der Waals surface area contributed by atoms with Gasteiger partial charge in [0, 0.05) is 0 Å². The van der Waals surface area contributed by atoms with Gasteiger partial charge in [-0.05, 0) is 0 Å². The maximum Gasteiger partial charge on any atom is 5.00 e. The molecule has 15 heteroatoms. The fourth-order valence-corrected chi connectivity index (χ4v) is 0. The molecule has 0 saturated carbocycles. The first kappa shape index (κ1) is 66.4. The normalized spacial score (nSPS) is 4.63. The molecule has 116 valence electrons. The smallest absolute Gasteiger partial charge is 2.00 e. The van der Waals surface area contributed by atoms with Gasteiger partial charge in [-0.25, -0.2) is 0 Å². The van der Waals surface area contributed by atoms with Crippen molar-refractivity contribution in [2.75, 3.05) is 0 Å². The summed E-state index contributed by atoms with van der Waals surface area (Å²) in [4.78, 5) is 35.7. The van der Waals surface area contributed by atoms with E-state index >= 15 is 0 Å². The number of hydrogen-bond donors (Lipinski definition) is 1. The van der Waals surface area contributed by atoms with Crippen molar-refractivity contribution in [2.24, 2.45) is 0 Å². The zero-order valence-electron chi connectivity index (χ0n) is 9.28. The van der Waals surface area contributed by atoms with E-state index in [2.05, 4.69) is 0 Å². The summed E-state index contributed by atoms with van der Waals surface area (Å²) in [7, 11) is 0. The van der Waals surface area contributed by atoms with E-state index in [1.54, 1.807) is 0 Å². The molecule has 0 heterocycles. The van der Waals surface area contributed by atoms with Crippen molar-refractivity contribution in [1.82, 2.24) is 6.15 Å². The van der Waals surface area contributed by atoms with Crippen LogP contribution in [0.15, 0.2) is 0 Å². The molecule has 0 spiro atoms. The van der Waals surface area contributed by atoms with E-state index in [1.165, 1.54) is 0 Å². The summed E-state index contributed by atoms with van der Waals surface area (Å²) in [5, 5.41) is 35.7. The van der Waals surface area contributed by atoms with Gasteiger partial charge in [-0.3, -0.25) is 0 Å². The second-order valence-electron chi connectivity index (χ2n) is 1.15. The molecule has 0 aliphatic rings. The fourth-order valence-electron chi connectivity index (χ4n) is 0. The quantitative estimate of drug-likeness (QED) is 0.239. The molecule has 0 fully saturated rings. The molecule has 0 unspecified atom stereocenters. The Bertz CT molecular complexity index is 181. The number of carboxylic acids is 4. The summed E-state index contributed by atoms with van der Waals surface area (Å²) < 4.78 is 0. The van der Waals surface area contributed by atoms with Crippen LogP contribution in [0.25, 0.3) is 0 Å². The molecule has 0 aromatic rings. The van der Waals surface area contributed by atoms with Crippen LogP contribution in [0.4, 0.5) is 0 Å². The minimum Gasteiger partial charge on any atom is -2.00 e. The second kappa shape index (κ2) is 36.0. The first-order chi connectivity index (χ1) is 5.29. The molecule has 0 bridgehead atoms.